The van der Waals surface area contributed by atoms with E-state index in [-0.39, 0.29) is 41.2 Å². The van der Waals surface area contributed by atoms with E-state index in [4.69, 9.17) is 22.6 Å². The molecule has 13 nitrogen and oxygen atoms in total. The second kappa shape index (κ2) is 9.78. The molecule has 0 saturated carbocycles. The first-order valence-corrected chi connectivity index (χ1v) is 12.9. The number of hydrogen-bond acceptors (Lipinski definition) is 12. The monoisotopic (exact) mass is 541 g/mol. The van der Waals surface area contributed by atoms with Crippen LogP contribution in [0.15, 0.2) is 16.1 Å². The molecule has 0 spiro atoms. The van der Waals surface area contributed by atoms with E-state index in [1.807, 2.05) is 6.07 Å². The Morgan fingerprint density at radius 3 is 2.97 bits per heavy atom. The van der Waals surface area contributed by atoms with Crippen molar-refractivity contribution in [1.82, 2.24) is 35.4 Å². The van der Waals surface area contributed by atoms with E-state index in [1.165, 1.54) is 21.3 Å². The number of nitrogens with zero attached hydrogens (tertiary/aromatic N) is 7. The maximum atomic E-state index is 12.8. The SMILES string of the molecule is N#CCn1nnnc1SCC1(C(=O)O)CS[C@@H]2C(NC(=O)C(=CCl)c3csc(N)n3)C(=O)N2C1. The normalized spacial score (nSPS) is 24.2. The van der Waals surface area contributed by atoms with Crippen molar-refractivity contribution < 1.29 is 19.5 Å². The number of carboxylic acids is 1. The van der Waals surface area contributed by atoms with Crippen LogP contribution >= 0.6 is 46.5 Å². The van der Waals surface area contributed by atoms with E-state index < -0.39 is 28.7 Å². The number of nitrogen functional groups attached to an aromatic ring is 1. The minimum atomic E-state index is -1.25. The Kier molecular flexibility index (Phi) is 6.98. The van der Waals surface area contributed by atoms with Crippen LogP contribution in [-0.2, 0) is 20.9 Å². The number of nitrogens with one attached hydrogen (secondary N) is 1. The predicted molar refractivity (Wildman–Crippen MR) is 124 cm³/mol. The Hall–Kier alpha value is -2.87. The van der Waals surface area contributed by atoms with Crippen LogP contribution in [0.4, 0.5) is 5.13 Å². The summed E-state index contributed by atoms with van der Waals surface area (Å²) in [6, 6.07) is 1.11. The number of anilines is 1. The van der Waals surface area contributed by atoms with Gasteiger partial charge in [0, 0.05) is 29.0 Å². The largest absolute Gasteiger partial charge is 0.481 e. The summed E-state index contributed by atoms with van der Waals surface area (Å²) in [6.07, 6.45) is 0. The van der Waals surface area contributed by atoms with E-state index >= 15 is 0 Å². The number of halogens is 1. The Morgan fingerprint density at radius 1 is 1.53 bits per heavy atom. The Bertz CT molecular complexity index is 1210. The smallest absolute Gasteiger partial charge is 0.313 e. The molecule has 3 atom stereocenters. The minimum absolute atomic E-state index is 0.0289. The summed E-state index contributed by atoms with van der Waals surface area (Å²) in [6.45, 7) is -0.0940. The highest BCUT2D eigenvalue weighted by atomic mass is 35.5. The summed E-state index contributed by atoms with van der Waals surface area (Å²) in [5, 5.41) is 34.3. The average molecular weight is 542 g/mol. The lowest BCUT2D eigenvalue weighted by Gasteiger charge is -2.53. The van der Waals surface area contributed by atoms with Crippen LogP contribution in [0.1, 0.15) is 5.69 Å². The number of carbonyl (C=O) groups is 3. The van der Waals surface area contributed by atoms with Gasteiger partial charge in [-0.15, -0.1) is 28.2 Å². The van der Waals surface area contributed by atoms with Gasteiger partial charge in [-0.2, -0.15) is 5.26 Å². The molecule has 4 rings (SSSR count). The third-order valence-electron chi connectivity index (χ3n) is 5.23. The van der Waals surface area contributed by atoms with Crippen LogP contribution in [0.3, 0.4) is 0 Å². The lowest BCUT2D eigenvalue weighted by atomic mass is 9.89. The molecule has 4 heterocycles. The van der Waals surface area contributed by atoms with Crippen LogP contribution in [-0.4, -0.2) is 82.4 Å². The van der Waals surface area contributed by atoms with E-state index in [1.54, 1.807) is 5.38 Å². The summed E-state index contributed by atoms with van der Waals surface area (Å²) in [5.74, 6) is -1.72. The van der Waals surface area contributed by atoms with E-state index in [2.05, 4.69) is 25.8 Å². The minimum Gasteiger partial charge on any atom is -0.481 e. The maximum absolute atomic E-state index is 12.8. The van der Waals surface area contributed by atoms with Crippen molar-refractivity contribution in [2.45, 2.75) is 23.1 Å². The second-order valence-corrected chi connectivity index (χ2v) is 10.5. The fourth-order valence-corrected chi connectivity index (χ4v) is 6.94. The van der Waals surface area contributed by atoms with Crippen molar-refractivity contribution in [3.63, 3.8) is 0 Å². The van der Waals surface area contributed by atoms with Gasteiger partial charge in [0.05, 0.1) is 17.3 Å². The fourth-order valence-electron chi connectivity index (χ4n) is 3.43. The quantitative estimate of drug-likeness (QED) is 0.232. The molecule has 0 radical (unpaired) electrons. The predicted octanol–water partition coefficient (Wildman–Crippen LogP) is 0.0783. The molecule has 2 saturated heterocycles. The fraction of sp³-hybridized carbons (Fsp3) is 0.412. The van der Waals surface area contributed by atoms with Crippen molar-refractivity contribution in [3.05, 3.63) is 16.6 Å². The van der Waals surface area contributed by atoms with Crippen LogP contribution in [0.25, 0.3) is 5.57 Å². The first kappa shape index (κ1) is 24.3. The summed E-state index contributed by atoms with van der Waals surface area (Å²) >= 11 is 9.34. The number of nitrogens with two attached hydrogens (primary N) is 1. The first-order valence-electron chi connectivity index (χ1n) is 9.53. The van der Waals surface area contributed by atoms with Crippen LogP contribution in [0.2, 0.25) is 0 Å². The molecule has 2 fully saturated rings. The highest BCUT2D eigenvalue weighted by Gasteiger charge is 2.57. The number of amides is 2. The van der Waals surface area contributed by atoms with Crippen molar-refractivity contribution in [1.29, 1.82) is 5.26 Å². The molecule has 17 heteroatoms. The van der Waals surface area contributed by atoms with E-state index in [0.717, 1.165) is 28.6 Å². The van der Waals surface area contributed by atoms with Crippen molar-refractivity contribution >= 4 is 74.9 Å². The Morgan fingerprint density at radius 2 is 2.32 bits per heavy atom. The molecule has 2 aliphatic rings. The molecule has 0 aliphatic carbocycles. The van der Waals surface area contributed by atoms with E-state index in [0.29, 0.717) is 10.9 Å². The number of rotatable bonds is 8. The molecular formula is C17H16ClN9O4S3. The van der Waals surface area contributed by atoms with Gasteiger partial charge in [-0.1, -0.05) is 23.4 Å². The van der Waals surface area contributed by atoms with Gasteiger partial charge in [0.2, 0.25) is 11.1 Å². The van der Waals surface area contributed by atoms with Gasteiger partial charge in [-0.25, -0.2) is 9.67 Å². The number of tetrazole rings is 1. The molecule has 2 unspecified atom stereocenters. The number of nitriles is 1. The van der Waals surface area contributed by atoms with Crippen molar-refractivity contribution in [3.8, 4) is 6.07 Å². The Balaban J connectivity index is 1.41. The molecule has 178 valence electrons. The molecule has 2 amide bonds. The van der Waals surface area contributed by atoms with Gasteiger partial charge in [-0.3, -0.25) is 14.4 Å². The second-order valence-electron chi connectivity index (χ2n) is 7.36. The summed E-state index contributed by atoms with van der Waals surface area (Å²) in [4.78, 5) is 43.2. The van der Waals surface area contributed by atoms with Crippen LogP contribution in [0, 0.1) is 16.7 Å². The highest BCUT2D eigenvalue weighted by molar-refractivity contribution is 8.00. The lowest BCUT2D eigenvalue weighted by Crippen LogP contribution is -2.74. The number of carbonyl (C=O) groups excluding carboxylic acids is 2. The highest BCUT2D eigenvalue weighted by Crippen LogP contribution is 2.44. The number of hydrogen-bond donors (Lipinski definition) is 3. The van der Waals surface area contributed by atoms with Gasteiger partial charge >= 0.3 is 5.97 Å². The topological polar surface area (TPSA) is 193 Å². The first-order chi connectivity index (χ1) is 16.3. The standard InChI is InChI=1S/C17H16ClN9O4S3/c18-3-8(9-4-32-15(20)21-9)11(28)22-10-12(29)26-5-17(14(30)31,6-33-13(10)26)7-34-16-23-24-25-27(16)2-1-19/h3-4,10,13H,2,5-7H2,(H2,20,21)(H,22,28)(H,30,31)/t10?,13-,17?/m1/s1. The van der Waals surface area contributed by atoms with Gasteiger partial charge in [0.1, 0.15) is 23.4 Å². The zero-order valence-electron chi connectivity index (χ0n) is 17.1. The van der Waals surface area contributed by atoms with Gasteiger partial charge in [0.15, 0.2) is 5.13 Å². The Labute approximate surface area is 209 Å². The third-order valence-corrected chi connectivity index (χ3v) is 8.96. The average Bonchev–Trinajstić information content (AvgIpc) is 3.45. The van der Waals surface area contributed by atoms with Crippen molar-refractivity contribution in [2.75, 3.05) is 23.8 Å². The molecule has 4 N–H and O–H groups in total. The molecule has 0 aromatic carbocycles. The maximum Gasteiger partial charge on any atom is 0.313 e. The van der Waals surface area contributed by atoms with Crippen molar-refractivity contribution in [2.24, 2.45) is 5.41 Å². The number of fused-ring (bicyclic) bond motifs is 1. The van der Waals surface area contributed by atoms with Crippen LogP contribution < -0.4 is 11.1 Å². The molecule has 2 aromatic rings. The summed E-state index contributed by atoms with van der Waals surface area (Å²) < 4.78 is 1.28. The molecular weight excluding hydrogens is 526 g/mol. The number of β-lactam (4-membered cyclic amide) rings is 1. The van der Waals surface area contributed by atoms with Crippen LogP contribution in [0.5, 0.6) is 0 Å². The molecule has 0 bridgehead atoms. The number of carboxylic acid groups (broad SMARTS) is 1. The molecule has 34 heavy (non-hydrogen) atoms. The van der Waals surface area contributed by atoms with Gasteiger partial charge in [0.25, 0.3) is 5.91 Å². The third kappa shape index (κ3) is 4.43. The lowest BCUT2D eigenvalue weighted by molar-refractivity contribution is -0.157. The van der Waals surface area contributed by atoms with E-state index in [9.17, 15) is 19.5 Å². The summed E-state index contributed by atoms with van der Waals surface area (Å²) in [7, 11) is 0. The molecule has 2 aromatic heterocycles. The number of thiazole rings is 1. The van der Waals surface area contributed by atoms with Gasteiger partial charge < -0.3 is 21.1 Å². The number of aromatic nitrogens is 5. The zero-order valence-corrected chi connectivity index (χ0v) is 20.3. The van der Waals surface area contributed by atoms with Gasteiger partial charge in [-0.05, 0) is 10.4 Å². The molecule has 2 aliphatic heterocycles. The zero-order chi connectivity index (χ0) is 24.5. The number of aliphatic carboxylic acids is 1. The summed E-state index contributed by atoms with van der Waals surface area (Å²) in [5.41, 5.74) is 5.82. The number of thioether (sulfide) groups is 2.